The van der Waals surface area contributed by atoms with Crippen LogP contribution in [0.5, 0.6) is 0 Å². The van der Waals surface area contributed by atoms with Gasteiger partial charge in [-0.25, -0.2) is 0 Å². The van der Waals surface area contributed by atoms with Crippen LogP contribution in [0.2, 0.25) is 0 Å². The molecule has 2 nitrogen and oxygen atoms in total. The third kappa shape index (κ3) is 2.21. The molecule has 0 bridgehead atoms. The Morgan fingerprint density at radius 1 is 1.22 bits per heavy atom. The molecule has 2 heteroatoms. The maximum atomic E-state index is 6.04. The van der Waals surface area contributed by atoms with Gasteiger partial charge in [-0.15, -0.1) is 0 Å². The van der Waals surface area contributed by atoms with E-state index in [-0.39, 0.29) is 0 Å². The van der Waals surface area contributed by atoms with Crippen LogP contribution in [0.1, 0.15) is 24.7 Å². The van der Waals surface area contributed by atoms with Crippen LogP contribution in [0.15, 0.2) is 40.8 Å². The normalized spacial score (nSPS) is 16.3. The lowest BCUT2D eigenvalue weighted by atomic mass is 10.1. The second-order valence-corrected chi connectivity index (χ2v) is 4.90. The van der Waals surface area contributed by atoms with Crippen molar-refractivity contribution in [1.29, 1.82) is 0 Å². The Bertz CT molecular complexity index is 515. The Labute approximate surface area is 108 Å². The summed E-state index contributed by atoms with van der Waals surface area (Å²) in [4.78, 5) is 2.48. The molecule has 0 unspecified atom stereocenters. The minimum Gasteiger partial charge on any atom is -0.461 e. The minimum absolute atomic E-state index is 1.01. The number of fused-ring (bicyclic) bond motifs is 1. The Kier molecular flexibility index (Phi) is 3.20. The van der Waals surface area contributed by atoms with Gasteiger partial charge in [0.1, 0.15) is 11.5 Å². The molecule has 3 rings (SSSR count). The van der Waals surface area contributed by atoms with E-state index in [4.69, 9.17) is 4.42 Å². The number of aryl methyl sites for hydroxylation is 1. The zero-order chi connectivity index (χ0) is 12.4. The summed E-state index contributed by atoms with van der Waals surface area (Å²) >= 11 is 0. The predicted octanol–water partition coefficient (Wildman–Crippen LogP) is 3.71. The van der Waals surface area contributed by atoms with Gasteiger partial charge in [0.25, 0.3) is 0 Å². The van der Waals surface area contributed by atoms with Crippen LogP contribution in [0.25, 0.3) is 11.3 Å². The van der Waals surface area contributed by atoms with Gasteiger partial charge in [0.05, 0.1) is 0 Å². The van der Waals surface area contributed by atoms with Crippen molar-refractivity contribution in [3.63, 3.8) is 0 Å². The first-order valence-electron chi connectivity index (χ1n) is 6.76. The Balaban J connectivity index is 1.93. The summed E-state index contributed by atoms with van der Waals surface area (Å²) in [6.07, 6.45) is 2.27. The second-order valence-electron chi connectivity index (χ2n) is 4.90. The number of furan rings is 1. The van der Waals surface area contributed by atoms with E-state index in [0.29, 0.717) is 0 Å². The minimum atomic E-state index is 1.01. The molecular formula is C16H19NO. The number of benzene rings is 1. The molecule has 1 aromatic heterocycles. The molecule has 0 saturated carbocycles. The summed E-state index contributed by atoms with van der Waals surface area (Å²) in [5.41, 5.74) is 2.54. The van der Waals surface area contributed by atoms with Gasteiger partial charge in [0.2, 0.25) is 0 Å². The van der Waals surface area contributed by atoms with Gasteiger partial charge >= 0.3 is 0 Å². The van der Waals surface area contributed by atoms with E-state index in [1.165, 1.54) is 29.9 Å². The first-order valence-corrected chi connectivity index (χ1v) is 6.76. The van der Waals surface area contributed by atoms with Crippen molar-refractivity contribution >= 4 is 0 Å². The van der Waals surface area contributed by atoms with Crippen molar-refractivity contribution in [1.82, 2.24) is 4.90 Å². The van der Waals surface area contributed by atoms with Crippen LogP contribution in [-0.4, -0.2) is 18.0 Å². The molecule has 0 aliphatic carbocycles. The molecule has 0 saturated heterocycles. The molecule has 0 spiro atoms. The maximum Gasteiger partial charge on any atom is 0.134 e. The molecule has 1 aliphatic rings. The van der Waals surface area contributed by atoms with Gasteiger partial charge in [-0.2, -0.15) is 0 Å². The molecule has 2 aromatic rings. The van der Waals surface area contributed by atoms with Crippen LogP contribution in [0, 0.1) is 0 Å². The second kappa shape index (κ2) is 4.99. The van der Waals surface area contributed by atoms with E-state index >= 15 is 0 Å². The fraction of sp³-hybridized carbons (Fsp3) is 0.375. The summed E-state index contributed by atoms with van der Waals surface area (Å²) in [5, 5.41) is 0. The lowest BCUT2D eigenvalue weighted by Gasteiger charge is -2.16. The van der Waals surface area contributed by atoms with Crippen LogP contribution < -0.4 is 0 Å². The highest BCUT2D eigenvalue weighted by Gasteiger charge is 2.18. The van der Waals surface area contributed by atoms with Gasteiger partial charge in [0, 0.05) is 24.1 Å². The third-order valence-corrected chi connectivity index (χ3v) is 3.67. The standard InChI is InChI=1S/C16H19NO/c1-2-17-10-6-9-15-14(12-17)11-16(18-15)13-7-4-3-5-8-13/h3-5,7-8,11H,2,6,9-10,12H2,1H3. The van der Waals surface area contributed by atoms with Gasteiger partial charge < -0.3 is 4.42 Å². The molecule has 1 aliphatic heterocycles. The summed E-state index contributed by atoms with van der Waals surface area (Å²) in [6, 6.07) is 12.6. The highest BCUT2D eigenvalue weighted by molar-refractivity contribution is 5.58. The van der Waals surface area contributed by atoms with E-state index in [1.807, 2.05) is 6.07 Å². The lowest BCUT2D eigenvalue weighted by molar-refractivity contribution is 0.284. The molecular weight excluding hydrogens is 222 g/mol. The van der Waals surface area contributed by atoms with Crippen LogP contribution >= 0.6 is 0 Å². The topological polar surface area (TPSA) is 16.4 Å². The fourth-order valence-electron chi connectivity index (χ4n) is 2.61. The first-order chi connectivity index (χ1) is 8.86. The molecule has 0 amide bonds. The smallest absolute Gasteiger partial charge is 0.134 e. The number of nitrogens with zero attached hydrogens (tertiary/aromatic N) is 1. The van der Waals surface area contributed by atoms with E-state index in [0.717, 1.165) is 25.3 Å². The molecule has 94 valence electrons. The molecule has 0 radical (unpaired) electrons. The molecule has 0 fully saturated rings. The quantitative estimate of drug-likeness (QED) is 0.797. The fourth-order valence-corrected chi connectivity index (χ4v) is 2.61. The van der Waals surface area contributed by atoms with Crippen molar-refractivity contribution in [3.05, 3.63) is 47.7 Å². The molecule has 18 heavy (non-hydrogen) atoms. The zero-order valence-corrected chi connectivity index (χ0v) is 10.9. The van der Waals surface area contributed by atoms with Gasteiger partial charge in [-0.3, -0.25) is 4.90 Å². The van der Waals surface area contributed by atoms with Gasteiger partial charge in [-0.05, 0) is 25.6 Å². The average Bonchev–Trinajstić information content (AvgIpc) is 2.72. The molecule has 0 atom stereocenters. The summed E-state index contributed by atoms with van der Waals surface area (Å²) in [6.45, 7) is 5.55. The van der Waals surface area contributed by atoms with Crippen LogP contribution in [0.4, 0.5) is 0 Å². The Morgan fingerprint density at radius 2 is 2.06 bits per heavy atom. The van der Waals surface area contributed by atoms with Gasteiger partial charge in [0.15, 0.2) is 0 Å². The van der Waals surface area contributed by atoms with E-state index < -0.39 is 0 Å². The Morgan fingerprint density at radius 3 is 2.83 bits per heavy atom. The van der Waals surface area contributed by atoms with Crippen molar-refractivity contribution in [2.24, 2.45) is 0 Å². The van der Waals surface area contributed by atoms with E-state index in [9.17, 15) is 0 Å². The van der Waals surface area contributed by atoms with E-state index in [2.05, 4.69) is 42.2 Å². The van der Waals surface area contributed by atoms with Crippen molar-refractivity contribution in [2.45, 2.75) is 26.3 Å². The first kappa shape index (κ1) is 11.5. The maximum absolute atomic E-state index is 6.04. The average molecular weight is 241 g/mol. The van der Waals surface area contributed by atoms with Crippen molar-refractivity contribution in [3.8, 4) is 11.3 Å². The largest absolute Gasteiger partial charge is 0.461 e. The molecule has 1 aromatic carbocycles. The monoisotopic (exact) mass is 241 g/mol. The third-order valence-electron chi connectivity index (χ3n) is 3.67. The highest BCUT2D eigenvalue weighted by atomic mass is 16.3. The van der Waals surface area contributed by atoms with Crippen molar-refractivity contribution in [2.75, 3.05) is 13.1 Å². The summed E-state index contributed by atoms with van der Waals surface area (Å²) in [7, 11) is 0. The van der Waals surface area contributed by atoms with E-state index in [1.54, 1.807) is 0 Å². The van der Waals surface area contributed by atoms with Gasteiger partial charge in [-0.1, -0.05) is 37.3 Å². The Hall–Kier alpha value is -1.54. The summed E-state index contributed by atoms with van der Waals surface area (Å²) < 4.78 is 6.04. The predicted molar refractivity (Wildman–Crippen MR) is 73.4 cm³/mol. The SMILES string of the molecule is CCN1CCCc2oc(-c3ccccc3)cc2C1. The lowest BCUT2D eigenvalue weighted by Crippen LogP contribution is -2.22. The van der Waals surface area contributed by atoms with Crippen LogP contribution in [-0.2, 0) is 13.0 Å². The number of hydrogen-bond donors (Lipinski definition) is 0. The molecule has 0 N–H and O–H groups in total. The van der Waals surface area contributed by atoms with Crippen molar-refractivity contribution < 1.29 is 4.42 Å². The number of rotatable bonds is 2. The van der Waals surface area contributed by atoms with Crippen LogP contribution in [0.3, 0.4) is 0 Å². The number of hydrogen-bond acceptors (Lipinski definition) is 2. The molecule has 2 heterocycles. The summed E-state index contributed by atoms with van der Waals surface area (Å²) in [5.74, 6) is 2.20. The highest BCUT2D eigenvalue weighted by Crippen LogP contribution is 2.28. The zero-order valence-electron chi connectivity index (χ0n) is 10.9.